The van der Waals surface area contributed by atoms with Crippen LogP contribution in [0, 0.1) is 0 Å². The summed E-state index contributed by atoms with van der Waals surface area (Å²) in [6.07, 6.45) is -1.05. The predicted octanol–water partition coefficient (Wildman–Crippen LogP) is 0.107. The molecule has 1 aromatic carbocycles. The number of primary amides is 1. The van der Waals surface area contributed by atoms with E-state index in [0.717, 1.165) is 4.90 Å². The molecular weight excluding hydrogens is 364 g/mol. The first-order chi connectivity index (χ1) is 12.4. The minimum Gasteiger partial charge on any atom is -0.491 e. The number of hydrogen-bond acceptors (Lipinski definition) is 5. The lowest BCUT2D eigenvalue weighted by Crippen LogP contribution is -2.55. The highest BCUT2D eigenvalue weighted by molar-refractivity contribution is 6.30. The largest absolute Gasteiger partial charge is 0.491 e. The van der Waals surface area contributed by atoms with Crippen LogP contribution in [0.25, 0.3) is 0 Å². The van der Waals surface area contributed by atoms with Crippen LogP contribution in [0.2, 0.25) is 5.02 Å². The van der Waals surface area contributed by atoms with E-state index in [1.165, 1.54) is 9.80 Å². The zero-order valence-corrected chi connectivity index (χ0v) is 14.6. The molecule has 1 aromatic rings. The lowest BCUT2D eigenvalue weighted by Gasteiger charge is -2.34. The molecule has 3 N–H and O–H groups in total. The number of amides is 5. The number of nitrogens with zero attached hydrogens (tertiary/aromatic N) is 3. The molecule has 5 amide bonds. The van der Waals surface area contributed by atoms with E-state index in [9.17, 15) is 19.5 Å². The molecule has 26 heavy (non-hydrogen) atoms. The van der Waals surface area contributed by atoms with Gasteiger partial charge in [0.15, 0.2) is 0 Å². The lowest BCUT2D eigenvalue weighted by molar-refractivity contribution is -0.130. The maximum atomic E-state index is 12.5. The van der Waals surface area contributed by atoms with Gasteiger partial charge in [0, 0.05) is 18.1 Å². The Balaban J connectivity index is 1.57. The van der Waals surface area contributed by atoms with Crippen molar-refractivity contribution in [2.24, 2.45) is 5.73 Å². The van der Waals surface area contributed by atoms with Crippen LogP contribution in [0.15, 0.2) is 24.3 Å². The van der Waals surface area contributed by atoms with Crippen molar-refractivity contribution in [1.82, 2.24) is 14.7 Å². The highest BCUT2D eigenvalue weighted by atomic mass is 35.5. The van der Waals surface area contributed by atoms with Crippen molar-refractivity contribution in [1.29, 1.82) is 0 Å². The molecule has 0 saturated carbocycles. The summed E-state index contributed by atoms with van der Waals surface area (Å²) in [5, 5.41) is 10.7. The first-order valence-electron chi connectivity index (χ1n) is 8.09. The second kappa shape index (κ2) is 7.38. The van der Waals surface area contributed by atoms with Crippen molar-refractivity contribution in [2.45, 2.75) is 12.1 Å². The molecular formula is C16H19ClN4O5. The molecule has 3 rings (SSSR count). The second-order valence-corrected chi connectivity index (χ2v) is 6.58. The molecule has 0 radical (unpaired) electrons. The Hall–Kier alpha value is -2.52. The van der Waals surface area contributed by atoms with E-state index in [1.54, 1.807) is 24.3 Å². The number of carbonyl (C=O) groups excluding carboxylic acids is 3. The van der Waals surface area contributed by atoms with Crippen molar-refractivity contribution < 1.29 is 24.2 Å². The van der Waals surface area contributed by atoms with Gasteiger partial charge in [0.1, 0.15) is 24.5 Å². The standard InChI is InChI=1S/C16H19ClN4O5/c17-10-1-3-12(4-2-10)26-9-11(22)7-21-14(23)13-8-19(15(18)24)5-6-20(13)16(21)25/h1-4,11,13,22H,5-9H2,(H2,18,24)/t11-,13+/m1/s1. The van der Waals surface area contributed by atoms with Crippen LogP contribution in [0.1, 0.15) is 0 Å². The summed E-state index contributed by atoms with van der Waals surface area (Å²) in [7, 11) is 0. The Kier molecular flexibility index (Phi) is 5.19. The number of piperazine rings is 1. The Morgan fingerprint density at radius 1 is 1.31 bits per heavy atom. The van der Waals surface area contributed by atoms with E-state index in [4.69, 9.17) is 22.1 Å². The predicted molar refractivity (Wildman–Crippen MR) is 91.7 cm³/mol. The van der Waals surface area contributed by atoms with Crippen LogP contribution in [0.5, 0.6) is 5.75 Å². The number of β-amino-alcohol motifs (C(OH)–C–C–N with tert-alkyl or cyclic N) is 1. The summed E-state index contributed by atoms with van der Waals surface area (Å²) in [6, 6.07) is 4.75. The van der Waals surface area contributed by atoms with Gasteiger partial charge >= 0.3 is 12.1 Å². The topological polar surface area (TPSA) is 116 Å². The van der Waals surface area contributed by atoms with Crippen LogP contribution in [0.3, 0.4) is 0 Å². The summed E-state index contributed by atoms with van der Waals surface area (Å²) in [5.74, 6) is 0.0635. The van der Waals surface area contributed by atoms with Crippen molar-refractivity contribution in [2.75, 3.05) is 32.8 Å². The highest BCUT2D eigenvalue weighted by Gasteiger charge is 2.48. The molecule has 10 heteroatoms. The number of ether oxygens (including phenoxy) is 1. The zero-order valence-electron chi connectivity index (χ0n) is 13.9. The molecule has 2 atom stereocenters. The Labute approximate surface area is 154 Å². The van der Waals surface area contributed by atoms with Crippen molar-refractivity contribution in [3.63, 3.8) is 0 Å². The van der Waals surface area contributed by atoms with Gasteiger partial charge in [-0.3, -0.25) is 9.69 Å². The fourth-order valence-electron chi connectivity index (χ4n) is 3.01. The minimum absolute atomic E-state index is 0.0633. The average molecular weight is 383 g/mol. The van der Waals surface area contributed by atoms with Crippen molar-refractivity contribution >= 4 is 29.6 Å². The van der Waals surface area contributed by atoms with Gasteiger partial charge in [0.05, 0.1) is 13.1 Å². The third kappa shape index (κ3) is 3.68. The molecule has 0 spiro atoms. The van der Waals surface area contributed by atoms with Crippen LogP contribution in [-0.2, 0) is 4.79 Å². The van der Waals surface area contributed by atoms with Gasteiger partial charge in [-0.2, -0.15) is 0 Å². The molecule has 0 aliphatic carbocycles. The number of nitrogens with two attached hydrogens (primary N) is 1. The Morgan fingerprint density at radius 2 is 2.00 bits per heavy atom. The monoisotopic (exact) mass is 382 g/mol. The maximum Gasteiger partial charge on any atom is 0.327 e. The fraction of sp³-hybridized carbons (Fsp3) is 0.438. The van der Waals surface area contributed by atoms with Gasteiger partial charge in [-0.05, 0) is 24.3 Å². The number of urea groups is 2. The number of aliphatic hydroxyl groups is 1. The average Bonchev–Trinajstić information content (AvgIpc) is 2.85. The molecule has 0 unspecified atom stereocenters. The zero-order chi connectivity index (χ0) is 18.8. The number of fused-ring (bicyclic) bond motifs is 1. The fourth-order valence-corrected chi connectivity index (χ4v) is 3.13. The molecule has 140 valence electrons. The number of imide groups is 1. The number of carbonyl (C=O) groups is 3. The van der Waals surface area contributed by atoms with E-state index in [1.807, 2.05) is 0 Å². The number of benzene rings is 1. The van der Waals surface area contributed by atoms with E-state index in [0.29, 0.717) is 10.8 Å². The molecule has 0 bridgehead atoms. The highest BCUT2D eigenvalue weighted by Crippen LogP contribution is 2.22. The third-order valence-electron chi connectivity index (χ3n) is 4.37. The molecule has 2 aliphatic heterocycles. The smallest absolute Gasteiger partial charge is 0.327 e. The molecule has 0 aromatic heterocycles. The van der Waals surface area contributed by atoms with E-state index in [-0.39, 0.29) is 32.8 Å². The Morgan fingerprint density at radius 3 is 2.65 bits per heavy atom. The second-order valence-electron chi connectivity index (χ2n) is 6.14. The van der Waals surface area contributed by atoms with E-state index >= 15 is 0 Å². The van der Waals surface area contributed by atoms with E-state index < -0.39 is 30.1 Å². The van der Waals surface area contributed by atoms with Gasteiger partial charge in [-0.25, -0.2) is 9.59 Å². The third-order valence-corrected chi connectivity index (χ3v) is 4.62. The number of aliphatic hydroxyl groups excluding tert-OH is 1. The van der Waals surface area contributed by atoms with Crippen LogP contribution >= 0.6 is 11.6 Å². The molecule has 2 saturated heterocycles. The molecule has 2 aliphatic rings. The SMILES string of the molecule is NC(=O)N1CCN2C(=O)N(C[C@@H](O)COc3ccc(Cl)cc3)C(=O)[C@@H]2C1. The molecule has 2 fully saturated rings. The van der Waals surface area contributed by atoms with Gasteiger partial charge in [-0.1, -0.05) is 11.6 Å². The summed E-state index contributed by atoms with van der Waals surface area (Å²) in [4.78, 5) is 39.9. The van der Waals surface area contributed by atoms with Crippen molar-refractivity contribution in [3.05, 3.63) is 29.3 Å². The van der Waals surface area contributed by atoms with Crippen LogP contribution < -0.4 is 10.5 Å². The maximum absolute atomic E-state index is 12.5. The van der Waals surface area contributed by atoms with Gasteiger partial charge in [0.2, 0.25) is 0 Å². The van der Waals surface area contributed by atoms with Crippen LogP contribution in [0.4, 0.5) is 9.59 Å². The number of hydrogen-bond donors (Lipinski definition) is 2. The lowest BCUT2D eigenvalue weighted by atomic mass is 10.2. The van der Waals surface area contributed by atoms with E-state index in [2.05, 4.69) is 0 Å². The minimum atomic E-state index is -1.05. The van der Waals surface area contributed by atoms with Gasteiger partial charge in [0.25, 0.3) is 5.91 Å². The normalized spacial score (nSPS) is 21.0. The van der Waals surface area contributed by atoms with Gasteiger partial charge < -0.3 is 25.4 Å². The summed E-state index contributed by atoms with van der Waals surface area (Å²) in [6.45, 7) is 0.298. The molecule has 2 heterocycles. The summed E-state index contributed by atoms with van der Waals surface area (Å²) in [5.41, 5.74) is 5.24. The van der Waals surface area contributed by atoms with Crippen LogP contribution in [-0.4, -0.2) is 82.7 Å². The van der Waals surface area contributed by atoms with Crippen molar-refractivity contribution in [3.8, 4) is 5.75 Å². The first-order valence-corrected chi connectivity index (χ1v) is 8.47. The Bertz CT molecular complexity index is 713. The number of rotatable bonds is 5. The molecule has 9 nitrogen and oxygen atoms in total. The summed E-state index contributed by atoms with van der Waals surface area (Å²) < 4.78 is 5.43. The number of halogens is 1. The summed E-state index contributed by atoms with van der Waals surface area (Å²) >= 11 is 5.79. The first kappa shape index (κ1) is 18.3. The quantitative estimate of drug-likeness (QED) is 0.701. The van der Waals surface area contributed by atoms with Gasteiger partial charge in [-0.15, -0.1) is 0 Å².